The zero-order valence-corrected chi connectivity index (χ0v) is 15.7. The zero-order chi connectivity index (χ0) is 19.7. The monoisotopic (exact) mass is 391 g/mol. The minimum absolute atomic E-state index is 0.0582. The SMILES string of the molecule is CCOC(=O)N1c2cc(Cl)ccc2C(OC(C)=O)C1C(=O)c1ncc(C)[nH]1. The Morgan fingerprint density at radius 3 is 2.67 bits per heavy atom. The largest absolute Gasteiger partial charge is 0.455 e. The van der Waals surface area contributed by atoms with Crippen LogP contribution in [0.3, 0.4) is 0 Å². The highest BCUT2D eigenvalue weighted by Crippen LogP contribution is 2.44. The number of aromatic amines is 1. The minimum Gasteiger partial charge on any atom is -0.455 e. The van der Waals surface area contributed by atoms with E-state index in [-0.39, 0.29) is 12.4 Å². The van der Waals surface area contributed by atoms with Crippen LogP contribution in [0.1, 0.15) is 41.8 Å². The van der Waals surface area contributed by atoms with Crippen LogP contribution < -0.4 is 4.90 Å². The number of fused-ring (bicyclic) bond motifs is 1. The van der Waals surface area contributed by atoms with E-state index in [4.69, 9.17) is 21.1 Å². The number of esters is 1. The number of Topliss-reactive ketones (excluding diaryl/α,β-unsaturated/α-hetero) is 1. The molecule has 0 radical (unpaired) electrons. The number of carbonyl (C=O) groups is 3. The van der Waals surface area contributed by atoms with Gasteiger partial charge in [-0.15, -0.1) is 0 Å². The van der Waals surface area contributed by atoms with Crippen molar-refractivity contribution in [1.29, 1.82) is 0 Å². The number of ketones is 1. The molecule has 2 heterocycles. The molecule has 8 nitrogen and oxygen atoms in total. The summed E-state index contributed by atoms with van der Waals surface area (Å²) in [4.78, 5) is 45.5. The maximum Gasteiger partial charge on any atom is 0.415 e. The molecule has 3 rings (SSSR count). The van der Waals surface area contributed by atoms with Crippen LogP contribution in [-0.4, -0.2) is 40.5 Å². The third-order valence-corrected chi connectivity index (χ3v) is 4.32. The number of H-pyrrole nitrogens is 1. The van der Waals surface area contributed by atoms with Crippen LogP contribution in [0.15, 0.2) is 24.4 Å². The predicted octanol–water partition coefficient (Wildman–Crippen LogP) is 3.20. The normalized spacial score (nSPS) is 18.1. The van der Waals surface area contributed by atoms with Gasteiger partial charge in [-0.1, -0.05) is 17.7 Å². The molecule has 9 heteroatoms. The lowest BCUT2D eigenvalue weighted by Gasteiger charge is -2.25. The first-order valence-corrected chi connectivity index (χ1v) is 8.69. The van der Waals surface area contributed by atoms with Gasteiger partial charge in [0.25, 0.3) is 0 Å². The molecule has 0 fully saturated rings. The van der Waals surface area contributed by atoms with Gasteiger partial charge >= 0.3 is 12.1 Å². The first-order chi connectivity index (χ1) is 12.8. The summed E-state index contributed by atoms with van der Waals surface area (Å²) in [6.45, 7) is 4.76. The highest BCUT2D eigenvalue weighted by atomic mass is 35.5. The van der Waals surface area contributed by atoms with Gasteiger partial charge in [0.15, 0.2) is 11.9 Å². The summed E-state index contributed by atoms with van der Waals surface area (Å²) < 4.78 is 10.5. The molecule has 1 amide bonds. The average molecular weight is 392 g/mol. The van der Waals surface area contributed by atoms with Crippen molar-refractivity contribution in [1.82, 2.24) is 9.97 Å². The fraction of sp³-hybridized carbons (Fsp3) is 0.333. The summed E-state index contributed by atoms with van der Waals surface area (Å²) >= 11 is 6.08. The molecule has 2 unspecified atom stereocenters. The Hall–Kier alpha value is -2.87. The third-order valence-electron chi connectivity index (χ3n) is 4.09. The van der Waals surface area contributed by atoms with Crippen LogP contribution in [0.2, 0.25) is 5.02 Å². The van der Waals surface area contributed by atoms with E-state index in [1.54, 1.807) is 26.0 Å². The quantitative estimate of drug-likeness (QED) is 0.634. The van der Waals surface area contributed by atoms with Gasteiger partial charge in [0.05, 0.1) is 12.3 Å². The number of carbonyl (C=O) groups excluding carboxylic acids is 3. The van der Waals surface area contributed by atoms with Crippen LogP contribution in [0.5, 0.6) is 0 Å². The summed E-state index contributed by atoms with van der Waals surface area (Å²) in [6.07, 6.45) is -0.240. The van der Waals surface area contributed by atoms with Crippen molar-refractivity contribution >= 4 is 35.1 Å². The number of nitrogens with one attached hydrogen (secondary N) is 1. The Morgan fingerprint density at radius 2 is 2.07 bits per heavy atom. The lowest BCUT2D eigenvalue weighted by molar-refractivity contribution is -0.146. The number of rotatable bonds is 4. The molecule has 1 aromatic carbocycles. The second-order valence-electron chi connectivity index (χ2n) is 6.03. The molecular weight excluding hydrogens is 374 g/mol. The number of nitrogens with zero attached hydrogens (tertiary/aromatic N) is 2. The van der Waals surface area contributed by atoms with E-state index < -0.39 is 30.0 Å². The fourth-order valence-corrected chi connectivity index (χ4v) is 3.23. The van der Waals surface area contributed by atoms with Gasteiger partial charge in [0.1, 0.15) is 6.04 Å². The molecular formula is C18H18ClN3O5. The highest BCUT2D eigenvalue weighted by molar-refractivity contribution is 6.31. The number of hydrogen-bond acceptors (Lipinski definition) is 6. The predicted molar refractivity (Wildman–Crippen MR) is 96.9 cm³/mol. The van der Waals surface area contributed by atoms with Crippen molar-refractivity contribution < 1.29 is 23.9 Å². The molecule has 2 atom stereocenters. The Morgan fingerprint density at radius 1 is 1.33 bits per heavy atom. The molecule has 2 aromatic rings. The molecule has 0 spiro atoms. The van der Waals surface area contributed by atoms with E-state index in [0.717, 1.165) is 0 Å². The van der Waals surface area contributed by atoms with Crippen LogP contribution in [0, 0.1) is 6.92 Å². The van der Waals surface area contributed by atoms with Crippen molar-refractivity contribution in [3.8, 4) is 0 Å². The molecule has 0 aliphatic carbocycles. The van der Waals surface area contributed by atoms with E-state index in [1.807, 2.05) is 0 Å². The lowest BCUT2D eigenvalue weighted by atomic mass is 10.0. The maximum atomic E-state index is 13.2. The summed E-state index contributed by atoms with van der Waals surface area (Å²) in [6, 6.07) is 3.60. The van der Waals surface area contributed by atoms with Gasteiger partial charge in [0.2, 0.25) is 5.78 Å². The van der Waals surface area contributed by atoms with Gasteiger partial charge in [-0.2, -0.15) is 0 Å². The first kappa shape index (κ1) is 18.9. The number of ether oxygens (including phenoxy) is 2. The number of anilines is 1. The van der Waals surface area contributed by atoms with Crippen molar-refractivity contribution in [2.45, 2.75) is 32.9 Å². The van der Waals surface area contributed by atoms with Crippen molar-refractivity contribution in [3.63, 3.8) is 0 Å². The molecule has 0 saturated carbocycles. The fourth-order valence-electron chi connectivity index (χ4n) is 3.07. The molecule has 1 aliphatic heterocycles. The number of benzene rings is 1. The molecule has 0 bridgehead atoms. The summed E-state index contributed by atoms with van der Waals surface area (Å²) in [5, 5.41) is 0.367. The number of aryl methyl sites for hydroxylation is 1. The van der Waals surface area contributed by atoms with Gasteiger partial charge in [-0.3, -0.25) is 14.5 Å². The minimum atomic E-state index is -1.16. The first-order valence-electron chi connectivity index (χ1n) is 8.32. The Bertz CT molecular complexity index is 910. The van der Waals surface area contributed by atoms with E-state index in [1.165, 1.54) is 24.1 Å². The lowest BCUT2D eigenvalue weighted by Crippen LogP contribution is -2.46. The van der Waals surface area contributed by atoms with Crippen LogP contribution in [-0.2, 0) is 14.3 Å². The molecule has 1 aliphatic rings. The third kappa shape index (κ3) is 3.52. The van der Waals surface area contributed by atoms with Crippen LogP contribution >= 0.6 is 11.6 Å². The molecule has 1 N–H and O–H groups in total. The van der Waals surface area contributed by atoms with E-state index in [0.29, 0.717) is 22.0 Å². The number of halogens is 1. The van der Waals surface area contributed by atoms with Gasteiger partial charge in [0, 0.05) is 29.4 Å². The van der Waals surface area contributed by atoms with Gasteiger partial charge < -0.3 is 14.5 Å². The number of aromatic nitrogens is 2. The van der Waals surface area contributed by atoms with Crippen molar-refractivity contribution in [3.05, 3.63) is 46.5 Å². The number of amides is 1. The zero-order valence-electron chi connectivity index (χ0n) is 15.0. The summed E-state index contributed by atoms with van der Waals surface area (Å²) in [7, 11) is 0. The molecule has 0 saturated heterocycles. The molecule has 142 valence electrons. The smallest absolute Gasteiger partial charge is 0.415 e. The Kier molecular flexibility index (Phi) is 5.18. The van der Waals surface area contributed by atoms with E-state index >= 15 is 0 Å². The second kappa shape index (κ2) is 7.40. The average Bonchev–Trinajstić information content (AvgIpc) is 3.16. The van der Waals surface area contributed by atoms with E-state index in [2.05, 4.69) is 9.97 Å². The van der Waals surface area contributed by atoms with Gasteiger partial charge in [-0.25, -0.2) is 9.78 Å². The Labute approximate surface area is 160 Å². The Balaban J connectivity index is 2.13. The maximum absolute atomic E-state index is 13.2. The topological polar surface area (TPSA) is 102 Å². The second-order valence-corrected chi connectivity index (χ2v) is 6.46. The number of imidazole rings is 1. The molecule has 27 heavy (non-hydrogen) atoms. The van der Waals surface area contributed by atoms with Gasteiger partial charge in [-0.05, 0) is 26.0 Å². The van der Waals surface area contributed by atoms with Crippen LogP contribution in [0.25, 0.3) is 0 Å². The van der Waals surface area contributed by atoms with Crippen LogP contribution in [0.4, 0.5) is 10.5 Å². The standard InChI is InChI=1S/C18H18ClN3O5/c1-4-26-18(25)22-13-7-11(19)5-6-12(13)16(27-10(3)23)14(22)15(24)17-20-8-9(2)21-17/h5-8,14,16H,4H2,1-3H3,(H,20,21). The summed E-state index contributed by atoms with van der Waals surface area (Å²) in [5.41, 5.74) is 1.53. The molecule has 1 aromatic heterocycles. The van der Waals surface area contributed by atoms with E-state index in [9.17, 15) is 14.4 Å². The summed E-state index contributed by atoms with van der Waals surface area (Å²) in [5.74, 6) is -1.03. The van der Waals surface area contributed by atoms with Crippen molar-refractivity contribution in [2.75, 3.05) is 11.5 Å². The number of hydrogen-bond donors (Lipinski definition) is 1. The highest BCUT2D eigenvalue weighted by Gasteiger charge is 2.49. The van der Waals surface area contributed by atoms with Crippen molar-refractivity contribution in [2.24, 2.45) is 0 Å².